The van der Waals surface area contributed by atoms with E-state index in [0.717, 1.165) is 16.6 Å². The van der Waals surface area contributed by atoms with Gasteiger partial charge in [0.2, 0.25) is 0 Å². The van der Waals surface area contributed by atoms with Crippen LogP contribution in [0, 0.1) is 5.82 Å². The molecule has 3 N–H and O–H groups in total. The Kier molecular flexibility index (Phi) is 3.31. The summed E-state index contributed by atoms with van der Waals surface area (Å²) in [4.78, 5) is 19.4. The number of amidine groups is 1. The topological polar surface area (TPSA) is 82.2 Å². The van der Waals surface area contributed by atoms with Crippen LogP contribution in [0.25, 0.3) is 17.1 Å². The third-order valence-corrected chi connectivity index (χ3v) is 3.66. The fourth-order valence-electron chi connectivity index (χ4n) is 2.49. The molecular formula is C17H12FN5O. The number of aromatic amines is 1. The van der Waals surface area contributed by atoms with Crippen molar-refractivity contribution in [3.05, 3.63) is 65.7 Å². The van der Waals surface area contributed by atoms with Crippen molar-refractivity contribution in [3.8, 4) is 0 Å². The van der Waals surface area contributed by atoms with E-state index in [9.17, 15) is 9.18 Å². The summed E-state index contributed by atoms with van der Waals surface area (Å²) in [7, 11) is 0. The molecule has 24 heavy (non-hydrogen) atoms. The highest BCUT2D eigenvalue weighted by molar-refractivity contribution is 6.30. The summed E-state index contributed by atoms with van der Waals surface area (Å²) in [5, 5.41) is 7.92. The lowest BCUT2D eigenvalue weighted by molar-refractivity contribution is -0.116. The van der Waals surface area contributed by atoms with Crippen LogP contribution in [0.4, 0.5) is 10.1 Å². The van der Waals surface area contributed by atoms with E-state index in [2.05, 4.69) is 25.8 Å². The van der Waals surface area contributed by atoms with Gasteiger partial charge in [-0.2, -0.15) is 5.10 Å². The van der Waals surface area contributed by atoms with Crippen LogP contribution in [0.2, 0.25) is 0 Å². The van der Waals surface area contributed by atoms with Gasteiger partial charge in [0.05, 0.1) is 5.57 Å². The number of rotatable bonds is 2. The van der Waals surface area contributed by atoms with Crippen molar-refractivity contribution in [2.75, 3.05) is 5.32 Å². The normalized spacial score (nSPS) is 15.6. The first-order valence-electron chi connectivity index (χ1n) is 7.25. The number of hydrogen-bond donors (Lipinski definition) is 3. The molecule has 1 aliphatic rings. The Labute approximate surface area is 136 Å². The molecule has 3 aromatic rings. The summed E-state index contributed by atoms with van der Waals surface area (Å²) >= 11 is 0. The van der Waals surface area contributed by atoms with E-state index in [1.165, 1.54) is 12.1 Å². The zero-order valence-electron chi connectivity index (χ0n) is 12.4. The zero-order valence-corrected chi connectivity index (χ0v) is 12.4. The molecule has 0 atom stereocenters. The Morgan fingerprint density at radius 3 is 2.83 bits per heavy atom. The average Bonchev–Trinajstić information content (AvgIpc) is 3.16. The third-order valence-electron chi connectivity index (χ3n) is 3.66. The predicted octanol–water partition coefficient (Wildman–Crippen LogP) is 2.64. The van der Waals surface area contributed by atoms with Crippen LogP contribution in [-0.2, 0) is 4.79 Å². The molecular weight excluding hydrogens is 309 g/mol. The molecule has 1 aliphatic heterocycles. The molecule has 0 fully saturated rings. The molecule has 0 unspecified atom stereocenters. The molecule has 0 aliphatic carbocycles. The average molecular weight is 321 g/mol. The second-order valence-electron chi connectivity index (χ2n) is 5.23. The van der Waals surface area contributed by atoms with Gasteiger partial charge >= 0.3 is 0 Å². The summed E-state index contributed by atoms with van der Waals surface area (Å²) < 4.78 is 13.0. The second kappa shape index (κ2) is 5.62. The number of nitrogens with zero attached hydrogens (tertiary/aromatic N) is 2. The van der Waals surface area contributed by atoms with Gasteiger partial charge in [0.25, 0.3) is 5.91 Å². The van der Waals surface area contributed by atoms with E-state index in [4.69, 9.17) is 0 Å². The highest BCUT2D eigenvalue weighted by Gasteiger charge is 2.23. The number of anilines is 1. The van der Waals surface area contributed by atoms with Crippen molar-refractivity contribution in [2.45, 2.75) is 0 Å². The number of aromatic nitrogens is 2. The van der Waals surface area contributed by atoms with Crippen LogP contribution >= 0.6 is 0 Å². The standard InChI is InChI=1S/C17H12FN5O/c18-11-3-5-12(6-4-11)21-16-14(17(24)23-22-16)8-10-9-20-15-13(10)2-1-7-19-15/h1-9H,(H,19,20)(H,21,22)(H,23,24). The molecule has 1 aromatic carbocycles. The number of benzene rings is 1. The first-order chi connectivity index (χ1) is 11.7. The number of pyridine rings is 1. The van der Waals surface area contributed by atoms with Gasteiger partial charge in [-0.1, -0.05) is 0 Å². The van der Waals surface area contributed by atoms with Crippen molar-refractivity contribution < 1.29 is 9.18 Å². The van der Waals surface area contributed by atoms with Gasteiger partial charge in [-0.25, -0.2) is 14.8 Å². The minimum atomic E-state index is -0.329. The van der Waals surface area contributed by atoms with Gasteiger partial charge < -0.3 is 10.3 Å². The van der Waals surface area contributed by atoms with Crippen molar-refractivity contribution in [1.29, 1.82) is 0 Å². The van der Waals surface area contributed by atoms with Crippen molar-refractivity contribution in [2.24, 2.45) is 5.10 Å². The fraction of sp³-hybridized carbons (Fsp3) is 0. The van der Waals surface area contributed by atoms with Gasteiger partial charge in [-0.3, -0.25) is 4.79 Å². The lowest BCUT2D eigenvalue weighted by Gasteiger charge is -2.05. The van der Waals surface area contributed by atoms with E-state index in [-0.39, 0.29) is 11.7 Å². The Morgan fingerprint density at radius 2 is 2.00 bits per heavy atom. The minimum absolute atomic E-state index is 0.308. The van der Waals surface area contributed by atoms with Crippen LogP contribution in [0.3, 0.4) is 0 Å². The monoisotopic (exact) mass is 321 g/mol. The van der Waals surface area contributed by atoms with Crippen LogP contribution < -0.4 is 10.7 Å². The van der Waals surface area contributed by atoms with Crippen molar-refractivity contribution in [1.82, 2.24) is 15.4 Å². The largest absolute Gasteiger partial charge is 0.346 e. The lowest BCUT2D eigenvalue weighted by Crippen LogP contribution is -2.17. The number of hydrazone groups is 1. The van der Waals surface area contributed by atoms with Gasteiger partial charge in [-0.05, 0) is 42.5 Å². The summed E-state index contributed by atoms with van der Waals surface area (Å²) in [5.41, 5.74) is 5.04. The molecule has 0 saturated heterocycles. The van der Waals surface area contributed by atoms with E-state index >= 15 is 0 Å². The van der Waals surface area contributed by atoms with Crippen LogP contribution in [0.5, 0.6) is 0 Å². The molecule has 7 heteroatoms. The van der Waals surface area contributed by atoms with Crippen LogP contribution in [0.15, 0.2) is 59.5 Å². The fourth-order valence-corrected chi connectivity index (χ4v) is 2.49. The lowest BCUT2D eigenvalue weighted by atomic mass is 10.1. The summed E-state index contributed by atoms with van der Waals surface area (Å²) in [5.74, 6) is -0.257. The zero-order chi connectivity index (χ0) is 16.5. The van der Waals surface area contributed by atoms with Crippen LogP contribution in [0.1, 0.15) is 5.56 Å². The Bertz CT molecular complexity index is 988. The van der Waals surface area contributed by atoms with E-state index in [0.29, 0.717) is 17.1 Å². The maximum absolute atomic E-state index is 13.0. The smallest absolute Gasteiger partial charge is 0.275 e. The number of H-pyrrole nitrogens is 1. The molecule has 6 nitrogen and oxygen atoms in total. The third kappa shape index (κ3) is 2.52. The highest BCUT2D eigenvalue weighted by atomic mass is 19.1. The van der Waals surface area contributed by atoms with Crippen LogP contribution in [-0.4, -0.2) is 21.7 Å². The molecule has 118 valence electrons. The number of hydrogen-bond acceptors (Lipinski definition) is 4. The SMILES string of the molecule is O=C1NN=C(Nc2ccc(F)cc2)C1=Cc1c[nH]c2ncccc12. The first-order valence-corrected chi connectivity index (χ1v) is 7.25. The van der Waals surface area contributed by atoms with Crippen molar-refractivity contribution in [3.63, 3.8) is 0 Å². The first kappa shape index (κ1) is 14.1. The second-order valence-corrected chi connectivity index (χ2v) is 5.23. The molecule has 0 radical (unpaired) electrons. The Balaban J connectivity index is 1.68. The Morgan fingerprint density at radius 1 is 1.17 bits per heavy atom. The minimum Gasteiger partial charge on any atom is -0.346 e. The quantitative estimate of drug-likeness (QED) is 0.635. The molecule has 0 spiro atoms. The summed E-state index contributed by atoms with van der Waals surface area (Å²) in [6.45, 7) is 0. The maximum atomic E-state index is 13.0. The molecule has 1 amide bonds. The number of fused-ring (bicyclic) bond motifs is 1. The molecule has 3 heterocycles. The van der Waals surface area contributed by atoms with Gasteiger partial charge in [0.15, 0.2) is 5.84 Å². The van der Waals surface area contributed by atoms with Gasteiger partial charge in [0.1, 0.15) is 11.5 Å². The summed E-state index contributed by atoms with van der Waals surface area (Å²) in [6.07, 6.45) is 5.21. The number of amides is 1. The maximum Gasteiger partial charge on any atom is 0.275 e. The van der Waals surface area contributed by atoms with E-state index in [1.54, 1.807) is 30.6 Å². The highest BCUT2D eigenvalue weighted by Crippen LogP contribution is 2.21. The van der Waals surface area contributed by atoms with E-state index < -0.39 is 0 Å². The number of halogens is 1. The molecule has 0 bridgehead atoms. The number of carbonyl (C=O) groups is 1. The molecule has 2 aromatic heterocycles. The van der Waals surface area contributed by atoms with E-state index in [1.807, 2.05) is 12.1 Å². The van der Waals surface area contributed by atoms with Gasteiger partial charge in [0, 0.05) is 29.0 Å². The Hall–Kier alpha value is -3.48. The predicted molar refractivity (Wildman–Crippen MR) is 89.7 cm³/mol. The molecule has 0 saturated carbocycles. The number of carbonyl (C=O) groups excluding carboxylic acids is 1. The number of nitrogens with one attached hydrogen (secondary N) is 3. The summed E-state index contributed by atoms with van der Waals surface area (Å²) in [6, 6.07) is 9.58. The van der Waals surface area contributed by atoms with Crippen molar-refractivity contribution >= 4 is 34.5 Å². The van der Waals surface area contributed by atoms with Gasteiger partial charge in [-0.15, -0.1) is 0 Å². The molecule has 4 rings (SSSR count).